The number of carbonyl (C=O) groups is 2. The second-order valence-electron chi connectivity index (χ2n) is 4.19. The van der Waals surface area contributed by atoms with Gasteiger partial charge in [-0.25, -0.2) is 4.79 Å². The van der Waals surface area contributed by atoms with Crippen LogP contribution in [-0.4, -0.2) is 26.0 Å². The number of ether oxygens (including phenoxy) is 1. The van der Waals surface area contributed by atoms with Crippen LogP contribution in [0.4, 0.5) is 0 Å². The number of benzene rings is 2. The van der Waals surface area contributed by atoms with Gasteiger partial charge in [-0.05, 0) is 36.4 Å². The van der Waals surface area contributed by atoms with Crippen molar-refractivity contribution in [2.45, 2.75) is 9.79 Å². The van der Waals surface area contributed by atoms with E-state index < -0.39 is 0 Å². The third-order valence-electron chi connectivity index (χ3n) is 2.86. The predicted octanol–water partition coefficient (Wildman–Crippen LogP) is 2.98. The Morgan fingerprint density at radius 1 is 1.05 bits per heavy atom. The Kier molecular flexibility index (Phi) is 5.00. The van der Waals surface area contributed by atoms with Gasteiger partial charge in [0, 0.05) is 16.8 Å². The first-order chi connectivity index (χ1) is 10.2. The van der Waals surface area contributed by atoms with Crippen molar-refractivity contribution in [1.29, 1.82) is 0 Å². The molecule has 1 N–H and O–H groups in total. The molecule has 0 unspecified atom stereocenters. The monoisotopic (exact) mass is 301 g/mol. The Hall–Kier alpha value is -2.27. The van der Waals surface area contributed by atoms with E-state index in [9.17, 15) is 9.59 Å². The summed E-state index contributed by atoms with van der Waals surface area (Å²) in [6, 6.07) is 14.5. The fourth-order valence-corrected chi connectivity index (χ4v) is 2.73. The molecule has 0 aliphatic rings. The average Bonchev–Trinajstić information content (AvgIpc) is 2.54. The van der Waals surface area contributed by atoms with Gasteiger partial charge in [0.1, 0.15) is 0 Å². The molecule has 2 rings (SSSR count). The summed E-state index contributed by atoms with van der Waals surface area (Å²) >= 11 is 1.47. The van der Waals surface area contributed by atoms with E-state index in [2.05, 4.69) is 10.1 Å². The minimum Gasteiger partial charge on any atom is -0.465 e. The summed E-state index contributed by atoms with van der Waals surface area (Å²) in [5.74, 6) is -0.485. The van der Waals surface area contributed by atoms with E-state index in [-0.39, 0.29) is 11.9 Å². The number of esters is 1. The summed E-state index contributed by atoms with van der Waals surface area (Å²) < 4.78 is 4.66. The van der Waals surface area contributed by atoms with Crippen molar-refractivity contribution >= 4 is 23.6 Å². The fourth-order valence-electron chi connectivity index (χ4n) is 1.78. The van der Waals surface area contributed by atoms with Crippen molar-refractivity contribution in [2.75, 3.05) is 14.2 Å². The quantitative estimate of drug-likeness (QED) is 0.882. The third kappa shape index (κ3) is 3.64. The summed E-state index contributed by atoms with van der Waals surface area (Å²) in [4.78, 5) is 25.0. The van der Waals surface area contributed by atoms with Crippen LogP contribution in [0.15, 0.2) is 58.3 Å². The zero-order valence-corrected chi connectivity index (χ0v) is 12.6. The zero-order valence-electron chi connectivity index (χ0n) is 11.8. The van der Waals surface area contributed by atoms with Gasteiger partial charge in [0.05, 0.1) is 18.2 Å². The number of methoxy groups -OCH3 is 1. The van der Waals surface area contributed by atoms with Crippen LogP contribution in [0.5, 0.6) is 0 Å². The Bertz CT molecular complexity index is 653. The van der Waals surface area contributed by atoms with E-state index in [1.165, 1.54) is 18.9 Å². The normalized spacial score (nSPS) is 10.0. The predicted molar refractivity (Wildman–Crippen MR) is 81.7 cm³/mol. The lowest BCUT2D eigenvalue weighted by Gasteiger charge is -2.08. The van der Waals surface area contributed by atoms with Crippen LogP contribution in [0.2, 0.25) is 0 Å². The van der Waals surface area contributed by atoms with Crippen molar-refractivity contribution in [3.63, 3.8) is 0 Å². The van der Waals surface area contributed by atoms with Crippen molar-refractivity contribution in [3.05, 3.63) is 59.7 Å². The summed E-state index contributed by atoms with van der Waals surface area (Å²) in [5, 5.41) is 2.63. The van der Waals surface area contributed by atoms with Gasteiger partial charge in [-0.15, -0.1) is 0 Å². The molecule has 2 aromatic rings. The van der Waals surface area contributed by atoms with E-state index in [4.69, 9.17) is 0 Å². The number of hydrogen-bond donors (Lipinski definition) is 1. The van der Waals surface area contributed by atoms with Gasteiger partial charge in [-0.2, -0.15) is 0 Å². The topological polar surface area (TPSA) is 55.4 Å². The van der Waals surface area contributed by atoms with Crippen LogP contribution in [0.25, 0.3) is 0 Å². The number of nitrogens with one attached hydrogen (secondary N) is 1. The molecule has 4 nitrogen and oxygen atoms in total. The van der Waals surface area contributed by atoms with Crippen molar-refractivity contribution in [1.82, 2.24) is 5.32 Å². The zero-order chi connectivity index (χ0) is 15.2. The molecule has 0 saturated carbocycles. The van der Waals surface area contributed by atoms with Crippen molar-refractivity contribution < 1.29 is 14.3 Å². The molecule has 21 heavy (non-hydrogen) atoms. The van der Waals surface area contributed by atoms with Gasteiger partial charge in [0.15, 0.2) is 0 Å². The van der Waals surface area contributed by atoms with E-state index in [1.54, 1.807) is 25.2 Å². The minimum absolute atomic E-state index is 0.121. The molecule has 0 aliphatic heterocycles. The van der Waals surface area contributed by atoms with E-state index in [0.717, 1.165) is 9.79 Å². The molecule has 0 aromatic heterocycles. The second kappa shape index (κ2) is 6.95. The number of rotatable bonds is 4. The molecule has 0 aliphatic carbocycles. The van der Waals surface area contributed by atoms with Gasteiger partial charge < -0.3 is 10.1 Å². The van der Waals surface area contributed by atoms with E-state index in [1.807, 2.05) is 30.3 Å². The summed E-state index contributed by atoms with van der Waals surface area (Å²) in [5.41, 5.74) is 1.13. The lowest BCUT2D eigenvalue weighted by molar-refractivity contribution is 0.0600. The van der Waals surface area contributed by atoms with Crippen LogP contribution in [-0.2, 0) is 4.74 Å². The highest BCUT2D eigenvalue weighted by Gasteiger charge is 2.11. The highest BCUT2D eigenvalue weighted by Crippen LogP contribution is 2.30. The highest BCUT2D eigenvalue weighted by molar-refractivity contribution is 7.99. The Balaban J connectivity index is 2.23. The molecule has 0 saturated heterocycles. The number of carbonyl (C=O) groups excluding carboxylic acids is 2. The summed E-state index contributed by atoms with van der Waals surface area (Å²) in [6.45, 7) is 0. The maximum atomic E-state index is 11.8. The van der Waals surface area contributed by atoms with Crippen LogP contribution < -0.4 is 5.32 Å². The highest BCUT2D eigenvalue weighted by atomic mass is 32.2. The van der Waals surface area contributed by atoms with Crippen LogP contribution in [0, 0.1) is 0 Å². The van der Waals surface area contributed by atoms with Crippen molar-refractivity contribution in [3.8, 4) is 0 Å². The minimum atomic E-state index is -0.364. The molecule has 2 aromatic carbocycles. The molecule has 0 radical (unpaired) electrons. The molecule has 0 atom stereocenters. The van der Waals surface area contributed by atoms with E-state index >= 15 is 0 Å². The number of amides is 1. The Labute approximate surface area is 127 Å². The molecule has 0 spiro atoms. The second-order valence-corrected chi connectivity index (χ2v) is 5.31. The lowest BCUT2D eigenvalue weighted by Crippen LogP contribution is -2.18. The Morgan fingerprint density at radius 3 is 2.33 bits per heavy atom. The van der Waals surface area contributed by atoms with Gasteiger partial charge in [-0.3, -0.25) is 4.79 Å². The number of hydrogen-bond acceptors (Lipinski definition) is 4. The molecule has 0 fully saturated rings. The molecule has 0 heterocycles. The molecular weight excluding hydrogens is 286 g/mol. The van der Waals surface area contributed by atoms with Gasteiger partial charge in [-0.1, -0.05) is 23.9 Å². The average molecular weight is 301 g/mol. The summed E-state index contributed by atoms with van der Waals surface area (Å²) in [7, 11) is 2.96. The molecule has 0 bridgehead atoms. The lowest BCUT2D eigenvalue weighted by atomic mass is 10.2. The first-order valence-electron chi connectivity index (χ1n) is 6.33. The molecule has 1 amide bonds. The van der Waals surface area contributed by atoms with Gasteiger partial charge in [0.25, 0.3) is 5.91 Å². The first kappa shape index (κ1) is 15.1. The van der Waals surface area contributed by atoms with E-state index in [0.29, 0.717) is 11.1 Å². The maximum absolute atomic E-state index is 11.8. The molecular formula is C16H15NO3S. The van der Waals surface area contributed by atoms with Gasteiger partial charge in [0.2, 0.25) is 0 Å². The summed E-state index contributed by atoms with van der Waals surface area (Å²) in [6.07, 6.45) is 0. The smallest absolute Gasteiger partial charge is 0.337 e. The largest absolute Gasteiger partial charge is 0.465 e. The molecule has 108 valence electrons. The SMILES string of the molecule is CNC(=O)c1ccccc1Sc1ccc(C(=O)OC)cc1. The standard InChI is InChI=1S/C16H15NO3S/c1-17-15(18)13-5-3-4-6-14(13)21-12-9-7-11(8-10-12)16(19)20-2/h3-10H,1-2H3,(H,17,18). The fraction of sp³-hybridized carbons (Fsp3) is 0.125. The Morgan fingerprint density at radius 2 is 1.71 bits per heavy atom. The third-order valence-corrected chi connectivity index (χ3v) is 3.95. The van der Waals surface area contributed by atoms with Crippen LogP contribution >= 0.6 is 11.8 Å². The van der Waals surface area contributed by atoms with Crippen LogP contribution in [0.3, 0.4) is 0 Å². The van der Waals surface area contributed by atoms with Crippen molar-refractivity contribution in [2.24, 2.45) is 0 Å². The maximum Gasteiger partial charge on any atom is 0.337 e. The first-order valence-corrected chi connectivity index (χ1v) is 7.14. The van der Waals surface area contributed by atoms with Crippen LogP contribution in [0.1, 0.15) is 20.7 Å². The van der Waals surface area contributed by atoms with Gasteiger partial charge >= 0.3 is 5.97 Å². The molecule has 5 heteroatoms.